The second-order valence-electron chi connectivity index (χ2n) is 4.36. The number of aromatic nitrogens is 2. The van der Waals surface area contributed by atoms with Crippen molar-refractivity contribution in [2.24, 2.45) is 0 Å². The summed E-state index contributed by atoms with van der Waals surface area (Å²) in [6.07, 6.45) is 0. The standard InChI is InChI=1S/C12H17N3OS/c1-7(2)13-6-11-14-15-12(17-11)10-5-8(3)16-9(10)4/h5,7,13H,6H2,1-4H3. The van der Waals surface area contributed by atoms with Crippen LogP contribution in [0.3, 0.4) is 0 Å². The molecule has 0 aliphatic rings. The van der Waals surface area contributed by atoms with Gasteiger partial charge in [-0.25, -0.2) is 0 Å². The van der Waals surface area contributed by atoms with Crippen LogP contribution in [-0.4, -0.2) is 16.2 Å². The lowest BCUT2D eigenvalue weighted by Gasteiger charge is -2.03. The van der Waals surface area contributed by atoms with E-state index in [1.165, 1.54) is 0 Å². The Hall–Kier alpha value is -1.20. The van der Waals surface area contributed by atoms with Gasteiger partial charge < -0.3 is 9.73 Å². The van der Waals surface area contributed by atoms with Crippen LogP contribution in [0.1, 0.15) is 30.4 Å². The molecule has 0 radical (unpaired) electrons. The van der Waals surface area contributed by atoms with Crippen LogP contribution < -0.4 is 5.32 Å². The van der Waals surface area contributed by atoms with E-state index in [4.69, 9.17) is 4.42 Å². The van der Waals surface area contributed by atoms with Crippen LogP contribution in [0.25, 0.3) is 10.6 Å². The molecule has 0 unspecified atom stereocenters. The summed E-state index contributed by atoms with van der Waals surface area (Å²) in [5, 5.41) is 13.7. The number of hydrogen-bond acceptors (Lipinski definition) is 5. The predicted octanol–water partition coefficient (Wildman–Crippen LogP) is 2.91. The zero-order valence-corrected chi connectivity index (χ0v) is 11.4. The number of rotatable bonds is 4. The maximum atomic E-state index is 5.50. The van der Waals surface area contributed by atoms with Crippen molar-refractivity contribution in [2.75, 3.05) is 0 Å². The molecule has 0 fully saturated rings. The summed E-state index contributed by atoms with van der Waals surface area (Å²) in [7, 11) is 0. The van der Waals surface area contributed by atoms with Gasteiger partial charge in [0.15, 0.2) is 5.01 Å². The molecule has 2 rings (SSSR count). The van der Waals surface area contributed by atoms with Crippen LogP contribution in [-0.2, 0) is 6.54 Å². The van der Waals surface area contributed by atoms with Crippen LogP contribution in [0.2, 0.25) is 0 Å². The molecule has 0 aliphatic heterocycles. The second kappa shape index (κ2) is 4.98. The number of nitrogens with zero attached hydrogens (tertiary/aromatic N) is 2. The first-order valence-electron chi connectivity index (χ1n) is 5.69. The molecule has 92 valence electrons. The average molecular weight is 251 g/mol. The van der Waals surface area contributed by atoms with Crippen molar-refractivity contribution in [1.29, 1.82) is 0 Å². The minimum atomic E-state index is 0.459. The zero-order chi connectivity index (χ0) is 12.4. The van der Waals surface area contributed by atoms with Gasteiger partial charge in [0.25, 0.3) is 0 Å². The predicted molar refractivity (Wildman–Crippen MR) is 69.1 cm³/mol. The first-order valence-corrected chi connectivity index (χ1v) is 6.51. The Morgan fingerprint density at radius 1 is 1.35 bits per heavy atom. The third kappa shape index (κ3) is 2.92. The van der Waals surface area contributed by atoms with Gasteiger partial charge in [-0.3, -0.25) is 0 Å². The van der Waals surface area contributed by atoms with Gasteiger partial charge in [-0.05, 0) is 19.9 Å². The van der Waals surface area contributed by atoms with E-state index in [0.717, 1.165) is 33.6 Å². The summed E-state index contributed by atoms with van der Waals surface area (Å²) in [6, 6.07) is 2.47. The van der Waals surface area contributed by atoms with Crippen molar-refractivity contribution in [2.45, 2.75) is 40.3 Å². The van der Waals surface area contributed by atoms with E-state index in [-0.39, 0.29) is 0 Å². The summed E-state index contributed by atoms with van der Waals surface area (Å²) in [5.74, 6) is 1.82. The molecule has 0 amide bonds. The summed E-state index contributed by atoms with van der Waals surface area (Å²) >= 11 is 1.61. The molecule has 0 atom stereocenters. The molecular weight excluding hydrogens is 234 g/mol. The molecule has 0 saturated carbocycles. The van der Waals surface area contributed by atoms with Crippen molar-refractivity contribution >= 4 is 11.3 Å². The van der Waals surface area contributed by atoms with Gasteiger partial charge >= 0.3 is 0 Å². The van der Waals surface area contributed by atoms with Crippen molar-refractivity contribution in [1.82, 2.24) is 15.5 Å². The summed E-state index contributed by atoms with van der Waals surface area (Å²) < 4.78 is 5.50. The molecule has 2 aromatic rings. The summed E-state index contributed by atoms with van der Waals surface area (Å²) in [6.45, 7) is 8.90. The van der Waals surface area contributed by atoms with Crippen LogP contribution in [0.5, 0.6) is 0 Å². The highest BCUT2D eigenvalue weighted by molar-refractivity contribution is 7.14. The van der Waals surface area contributed by atoms with E-state index in [9.17, 15) is 0 Å². The van der Waals surface area contributed by atoms with Gasteiger partial charge in [0, 0.05) is 12.6 Å². The lowest BCUT2D eigenvalue weighted by atomic mass is 10.2. The van der Waals surface area contributed by atoms with Crippen molar-refractivity contribution < 1.29 is 4.42 Å². The third-order valence-electron chi connectivity index (χ3n) is 2.40. The molecule has 4 nitrogen and oxygen atoms in total. The van der Waals surface area contributed by atoms with Gasteiger partial charge in [-0.1, -0.05) is 25.2 Å². The van der Waals surface area contributed by atoms with E-state index in [1.54, 1.807) is 11.3 Å². The quantitative estimate of drug-likeness (QED) is 0.907. The Labute approximate surface area is 105 Å². The first-order chi connectivity index (χ1) is 8.06. The molecule has 0 aromatic carbocycles. The van der Waals surface area contributed by atoms with Crippen LogP contribution in [0.15, 0.2) is 10.5 Å². The minimum absolute atomic E-state index is 0.459. The maximum Gasteiger partial charge on any atom is 0.151 e. The minimum Gasteiger partial charge on any atom is -0.466 e. The molecule has 2 aromatic heterocycles. The number of nitrogens with one attached hydrogen (secondary N) is 1. The highest BCUT2D eigenvalue weighted by Gasteiger charge is 2.12. The molecule has 0 bridgehead atoms. The Bertz CT molecular complexity index is 502. The molecular formula is C12H17N3OS. The summed E-state index contributed by atoms with van der Waals surface area (Å²) in [5.41, 5.74) is 1.05. The third-order valence-corrected chi connectivity index (χ3v) is 3.36. The second-order valence-corrected chi connectivity index (χ2v) is 5.43. The van der Waals surface area contributed by atoms with E-state index in [2.05, 4.69) is 29.4 Å². The Morgan fingerprint density at radius 3 is 2.71 bits per heavy atom. The SMILES string of the molecule is Cc1cc(-c2nnc(CNC(C)C)s2)c(C)o1. The average Bonchev–Trinajstić information content (AvgIpc) is 2.82. The smallest absolute Gasteiger partial charge is 0.151 e. The Morgan fingerprint density at radius 2 is 2.12 bits per heavy atom. The number of aryl methyl sites for hydroxylation is 2. The molecule has 2 heterocycles. The van der Waals surface area contributed by atoms with Crippen molar-refractivity contribution in [3.8, 4) is 10.6 Å². The highest BCUT2D eigenvalue weighted by atomic mass is 32.1. The van der Waals surface area contributed by atoms with Gasteiger partial charge in [0.05, 0.1) is 5.56 Å². The molecule has 5 heteroatoms. The van der Waals surface area contributed by atoms with E-state index >= 15 is 0 Å². The Kier molecular flexibility index (Phi) is 3.59. The maximum absolute atomic E-state index is 5.50. The van der Waals surface area contributed by atoms with Gasteiger partial charge in [-0.15, -0.1) is 10.2 Å². The molecule has 0 spiro atoms. The van der Waals surface area contributed by atoms with Crippen molar-refractivity contribution in [3.63, 3.8) is 0 Å². The number of furan rings is 1. The fourth-order valence-corrected chi connectivity index (χ4v) is 2.42. The van der Waals surface area contributed by atoms with E-state index in [0.29, 0.717) is 6.04 Å². The van der Waals surface area contributed by atoms with Crippen molar-refractivity contribution in [3.05, 3.63) is 22.6 Å². The fourth-order valence-electron chi connectivity index (χ4n) is 1.57. The monoisotopic (exact) mass is 251 g/mol. The Balaban J connectivity index is 2.15. The molecule has 1 N–H and O–H groups in total. The van der Waals surface area contributed by atoms with Gasteiger partial charge in [0.1, 0.15) is 16.5 Å². The van der Waals surface area contributed by atoms with E-state index in [1.807, 2.05) is 19.9 Å². The summed E-state index contributed by atoms with van der Waals surface area (Å²) in [4.78, 5) is 0. The molecule has 0 saturated heterocycles. The molecule has 0 aliphatic carbocycles. The van der Waals surface area contributed by atoms with E-state index < -0.39 is 0 Å². The fraction of sp³-hybridized carbons (Fsp3) is 0.500. The normalized spacial score (nSPS) is 11.4. The van der Waals surface area contributed by atoms with Crippen LogP contribution in [0, 0.1) is 13.8 Å². The molecule has 17 heavy (non-hydrogen) atoms. The highest BCUT2D eigenvalue weighted by Crippen LogP contribution is 2.28. The first kappa shape index (κ1) is 12.3. The lowest BCUT2D eigenvalue weighted by Crippen LogP contribution is -2.21. The van der Waals surface area contributed by atoms with Gasteiger partial charge in [-0.2, -0.15) is 0 Å². The lowest BCUT2D eigenvalue weighted by molar-refractivity contribution is 0.505. The topological polar surface area (TPSA) is 51.0 Å². The van der Waals surface area contributed by atoms with Crippen LogP contribution >= 0.6 is 11.3 Å². The number of hydrogen-bond donors (Lipinski definition) is 1. The zero-order valence-electron chi connectivity index (χ0n) is 10.6. The largest absolute Gasteiger partial charge is 0.466 e. The van der Waals surface area contributed by atoms with Crippen LogP contribution in [0.4, 0.5) is 0 Å². The van der Waals surface area contributed by atoms with Gasteiger partial charge in [0.2, 0.25) is 0 Å².